The smallest absolute Gasteiger partial charge is 0.416 e. The van der Waals surface area contributed by atoms with Crippen molar-refractivity contribution in [3.63, 3.8) is 0 Å². The number of ether oxygens (including phenoxy) is 1. The second-order valence-electron chi connectivity index (χ2n) is 8.36. The highest BCUT2D eigenvalue weighted by molar-refractivity contribution is 5.89. The van der Waals surface area contributed by atoms with Crippen LogP contribution in [0.1, 0.15) is 17.5 Å². The summed E-state index contributed by atoms with van der Waals surface area (Å²) in [7, 11) is 1.63. The predicted molar refractivity (Wildman–Crippen MR) is 117 cm³/mol. The molecule has 9 heteroatoms. The summed E-state index contributed by atoms with van der Waals surface area (Å²) in [6, 6.07) is 12.7. The number of carbonyl (C=O) groups is 2. The number of likely N-dealkylation sites (tertiary alicyclic amines) is 1. The van der Waals surface area contributed by atoms with E-state index in [9.17, 15) is 22.8 Å². The molecule has 2 saturated heterocycles. The summed E-state index contributed by atoms with van der Waals surface area (Å²) in [6.07, 6.45) is -4.35. The number of para-hydroxylation sites is 2. The van der Waals surface area contributed by atoms with Crippen molar-refractivity contribution in [3.05, 3.63) is 59.7 Å². The molecule has 2 heterocycles. The number of nitrogens with zero attached hydrogens (tertiary/aromatic N) is 3. The van der Waals surface area contributed by atoms with Crippen LogP contribution in [0.2, 0.25) is 0 Å². The number of benzene rings is 2. The quantitative estimate of drug-likeness (QED) is 0.685. The number of halogens is 3. The number of piperazine rings is 1. The van der Waals surface area contributed by atoms with E-state index in [1.807, 2.05) is 24.3 Å². The summed E-state index contributed by atoms with van der Waals surface area (Å²) in [4.78, 5) is 30.9. The molecule has 0 bridgehead atoms. The summed E-state index contributed by atoms with van der Waals surface area (Å²) >= 11 is 0. The second-order valence-corrected chi connectivity index (χ2v) is 8.36. The normalized spacial score (nSPS) is 19.2. The van der Waals surface area contributed by atoms with E-state index in [0.29, 0.717) is 31.7 Å². The number of anilines is 1. The van der Waals surface area contributed by atoms with Crippen LogP contribution in [0.5, 0.6) is 5.75 Å². The molecule has 4 rings (SSSR count). The predicted octanol–water partition coefficient (Wildman–Crippen LogP) is 3.41. The molecule has 1 unspecified atom stereocenters. The van der Waals surface area contributed by atoms with Gasteiger partial charge in [0.05, 0.1) is 24.3 Å². The number of hydrogen-bond donors (Lipinski definition) is 0. The highest BCUT2D eigenvalue weighted by atomic mass is 19.4. The lowest BCUT2D eigenvalue weighted by Gasteiger charge is -2.37. The van der Waals surface area contributed by atoms with E-state index in [1.165, 1.54) is 11.0 Å². The Morgan fingerprint density at radius 3 is 2.48 bits per heavy atom. The van der Waals surface area contributed by atoms with Crippen molar-refractivity contribution < 1.29 is 27.5 Å². The molecule has 0 saturated carbocycles. The van der Waals surface area contributed by atoms with Gasteiger partial charge in [-0.1, -0.05) is 24.3 Å². The number of alkyl halides is 3. The van der Waals surface area contributed by atoms with Crippen molar-refractivity contribution in [1.29, 1.82) is 0 Å². The maximum Gasteiger partial charge on any atom is 0.416 e. The maximum absolute atomic E-state index is 13.1. The van der Waals surface area contributed by atoms with Gasteiger partial charge in [0.15, 0.2) is 0 Å². The molecule has 2 aliphatic rings. The third kappa shape index (κ3) is 5.07. The SMILES string of the molecule is COc1ccccc1N1CCN(C(=O)C2CC(=O)N(Cc3cccc(C(F)(F)F)c3)C2)CC1. The van der Waals surface area contributed by atoms with Crippen LogP contribution < -0.4 is 9.64 Å². The molecule has 0 spiro atoms. The lowest BCUT2D eigenvalue weighted by Crippen LogP contribution is -2.50. The summed E-state index contributed by atoms with van der Waals surface area (Å²) in [5.74, 6) is 0.0259. The first kappa shape index (κ1) is 22.9. The summed E-state index contributed by atoms with van der Waals surface area (Å²) in [6.45, 7) is 2.67. The fraction of sp³-hybridized carbons (Fsp3) is 0.417. The highest BCUT2D eigenvalue weighted by Gasteiger charge is 2.38. The molecule has 0 radical (unpaired) electrons. The third-order valence-corrected chi connectivity index (χ3v) is 6.21. The molecule has 0 N–H and O–H groups in total. The fourth-order valence-electron chi connectivity index (χ4n) is 4.47. The first-order valence-electron chi connectivity index (χ1n) is 10.9. The van der Waals surface area contributed by atoms with Crippen molar-refractivity contribution in [2.45, 2.75) is 19.1 Å². The van der Waals surface area contributed by atoms with Crippen LogP contribution in [0.15, 0.2) is 48.5 Å². The Morgan fingerprint density at radius 1 is 1.06 bits per heavy atom. The Kier molecular flexibility index (Phi) is 6.49. The Hall–Kier alpha value is -3.23. The molecule has 0 aliphatic carbocycles. The minimum Gasteiger partial charge on any atom is -0.495 e. The minimum absolute atomic E-state index is 0.0636. The Balaban J connectivity index is 1.34. The van der Waals surface area contributed by atoms with E-state index in [-0.39, 0.29) is 31.3 Å². The average molecular weight is 461 g/mol. The van der Waals surface area contributed by atoms with E-state index >= 15 is 0 Å². The molecule has 2 fully saturated rings. The lowest BCUT2D eigenvalue weighted by atomic mass is 10.1. The van der Waals surface area contributed by atoms with Gasteiger partial charge in [-0.15, -0.1) is 0 Å². The number of methoxy groups -OCH3 is 1. The van der Waals surface area contributed by atoms with Gasteiger partial charge in [0.2, 0.25) is 11.8 Å². The summed E-state index contributed by atoms with van der Waals surface area (Å²) in [5, 5.41) is 0. The third-order valence-electron chi connectivity index (χ3n) is 6.21. The van der Waals surface area contributed by atoms with Gasteiger partial charge < -0.3 is 19.4 Å². The van der Waals surface area contributed by atoms with Crippen LogP contribution in [-0.4, -0.2) is 61.4 Å². The van der Waals surface area contributed by atoms with Crippen molar-refractivity contribution in [2.24, 2.45) is 5.92 Å². The zero-order valence-electron chi connectivity index (χ0n) is 18.3. The molecular formula is C24H26F3N3O3. The Bertz CT molecular complexity index is 1020. The summed E-state index contributed by atoms with van der Waals surface area (Å²) < 4.78 is 44.3. The molecule has 1 atom stereocenters. The average Bonchev–Trinajstić information content (AvgIpc) is 3.18. The van der Waals surface area contributed by atoms with Gasteiger partial charge in [-0.05, 0) is 29.8 Å². The molecule has 2 aromatic carbocycles. The monoisotopic (exact) mass is 461 g/mol. The van der Waals surface area contributed by atoms with Crippen LogP contribution in [0.25, 0.3) is 0 Å². The maximum atomic E-state index is 13.1. The number of hydrogen-bond acceptors (Lipinski definition) is 4. The minimum atomic E-state index is -4.44. The van der Waals surface area contributed by atoms with Crippen molar-refractivity contribution in [1.82, 2.24) is 9.80 Å². The van der Waals surface area contributed by atoms with Crippen LogP contribution in [-0.2, 0) is 22.3 Å². The zero-order valence-corrected chi connectivity index (χ0v) is 18.3. The Morgan fingerprint density at radius 2 is 1.79 bits per heavy atom. The topological polar surface area (TPSA) is 53.1 Å². The molecule has 0 aromatic heterocycles. The molecule has 2 aromatic rings. The van der Waals surface area contributed by atoms with Crippen molar-refractivity contribution >= 4 is 17.5 Å². The van der Waals surface area contributed by atoms with Gasteiger partial charge in [0.25, 0.3) is 0 Å². The zero-order chi connectivity index (χ0) is 23.6. The van der Waals surface area contributed by atoms with E-state index in [0.717, 1.165) is 23.6 Å². The number of amides is 2. The largest absolute Gasteiger partial charge is 0.495 e. The molecule has 33 heavy (non-hydrogen) atoms. The summed E-state index contributed by atoms with van der Waals surface area (Å²) in [5.41, 5.74) is 0.638. The molecule has 2 amide bonds. The van der Waals surface area contributed by atoms with E-state index in [4.69, 9.17) is 4.74 Å². The molecule has 2 aliphatic heterocycles. The standard InChI is InChI=1S/C24H26F3N3O3/c1-33-21-8-3-2-7-20(21)28-9-11-29(12-10-28)23(32)18-14-22(31)30(16-18)15-17-5-4-6-19(13-17)24(25,26)27/h2-8,13,18H,9-12,14-16H2,1H3. The number of carbonyl (C=O) groups excluding carboxylic acids is 2. The van der Waals surface area contributed by atoms with E-state index in [1.54, 1.807) is 18.1 Å². The Labute approximate surface area is 190 Å². The van der Waals surface area contributed by atoms with Gasteiger partial charge in [-0.3, -0.25) is 9.59 Å². The van der Waals surface area contributed by atoms with Crippen LogP contribution in [0.3, 0.4) is 0 Å². The first-order valence-corrected chi connectivity index (χ1v) is 10.9. The number of rotatable bonds is 5. The van der Waals surface area contributed by atoms with Gasteiger partial charge in [-0.25, -0.2) is 0 Å². The van der Waals surface area contributed by atoms with Gasteiger partial charge in [-0.2, -0.15) is 13.2 Å². The lowest BCUT2D eigenvalue weighted by molar-refractivity contribution is -0.137. The molecule has 6 nitrogen and oxygen atoms in total. The van der Waals surface area contributed by atoms with E-state index < -0.39 is 17.7 Å². The van der Waals surface area contributed by atoms with Crippen molar-refractivity contribution in [2.75, 3.05) is 44.7 Å². The van der Waals surface area contributed by atoms with Crippen molar-refractivity contribution in [3.8, 4) is 5.75 Å². The van der Waals surface area contributed by atoms with Gasteiger partial charge in [0, 0.05) is 45.7 Å². The van der Waals surface area contributed by atoms with Crippen LogP contribution in [0.4, 0.5) is 18.9 Å². The van der Waals surface area contributed by atoms with Crippen LogP contribution >= 0.6 is 0 Å². The first-order chi connectivity index (χ1) is 15.8. The van der Waals surface area contributed by atoms with E-state index in [2.05, 4.69) is 4.90 Å². The van der Waals surface area contributed by atoms with Crippen LogP contribution in [0, 0.1) is 5.92 Å². The van der Waals surface area contributed by atoms with Gasteiger partial charge >= 0.3 is 6.18 Å². The van der Waals surface area contributed by atoms with Gasteiger partial charge in [0.1, 0.15) is 5.75 Å². The highest BCUT2D eigenvalue weighted by Crippen LogP contribution is 2.31. The molecule has 176 valence electrons. The second kappa shape index (κ2) is 9.33. The fourth-order valence-corrected chi connectivity index (χ4v) is 4.47. The molecular weight excluding hydrogens is 435 g/mol.